The first-order valence-corrected chi connectivity index (χ1v) is 7.01. The maximum absolute atomic E-state index is 12.2. The summed E-state index contributed by atoms with van der Waals surface area (Å²) in [6.45, 7) is 2.21. The molecule has 0 aliphatic rings. The van der Waals surface area contributed by atoms with E-state index in [1.54, 1.807) is 18.8 Å². The van der Waals surface area contributed by atoms with E-state index < -0.39 is 5.54 Å². The number of carbonyl (C=O) groups is 1. The largest absolute Gasteiger partial charge is 0.464 e. The van der Waals surface area contributed by atoms with Gasteiger partial charge in [0.05, 0.1) is 6.61 Å². The highest BCUT2D eigenvalue weighted by Gasteiger charge is 2.39. The Labute approximate surface area is 107 Å². The third-order valence-corrected chi connectivity index (χ3v) is 3.40. The van der Waals surface area contributed by atoms with Crippen molar-refractivity contribution in [2.24, 2.45) is 0 Å². The van der Waals surface area contributed by atoms with Gasteiger partial charge in [-0.05, 0) is 25.8 Å². The molecule has 4 heteroatoms. The molecule has 1 unspecified atom stereocenters. The molecular formula is C13H19NO2S. The van der Waals surface area contributed by atoms with Gasteiger partial charge in [-0.3, -0.25) is 0 Å². The van der Waals surface area contributed by atoms with Crippen LogP contribution in [-0.4, -0.2) is 31.6 Å². The Hall–Kier alpha value is -1.00. The fourth-order valence-electron chi connectivity index (χ4n) is 1.77. The van der Waals surface area contributed by atoms with Crippen molar-refractivity contribution in [3.05, 3.63) is 35.9 Å². The average Bonchev–Trinajstić information content (AvgIpc) is 2.37. The van der Waals surface area contributed by atoms with Gasteiger partial charge in [0.15, 0.2) is 5.54 Å². The zero-order valence-electron chi connectivity index (χ0n) is 10.5. The fourth-order valence-corrected chi connectivity index (χ4v) is 2.63. The molecule has 0 spiro atoms. The second-order valence-corrected chi connectivity index (χ2v) is 4.54. The van der Waals surface area contributed by atoms with Crippen LogP contribution in [0.3, 0.4) is 0 Å². The Morgan fingerprint density at radius 3 is 2.53 bits per heavy atom. The van der Waals surface area contributed by atoms with Crippen molar-refractivity contribution in [2.75, 3.05) is 25.7 Å². The highest BCUT2D eigenvalue weighted by atomic mass is 32.2. The zero-order chi connectivity index (χ0) is 12.7. The topological polar surface area (TPSA) is 38.3 Å². The van der Waals surface area contributed by atoms with Gasteiger partial charge in [0.2, 0.25) is 0 Å². The Bertz CT molecular complexity index is 356. The SMILES string of the molecule is CCOC(=O)C(CSC)(NC)c1ccccc1. The third-order valence-electron chi connectivity index (χ3n) is 2.68. The lowest BCUT2D eigenvalue weighted by Gasteiger charge is -2.30. The first-order chi connectivity index (χ1) is 8.21. The van der Waals surface area contributed by atoms with Gasteiger partial charge >= 0.3 is 5.97 Å². The number of ether oxygens (including phenoxy) is 1. The molecule has 0 fully saturated rings. The molecule has 0 saturated carbocycles. The minimum Gasteiger partial charge on any atom is -0.464 e. The van der Waals surface area contributed by atoms with Gasteiger partial charge in [0.1, 0.15) is 0 Å². The molecule has 0 heterocycles. The van der Waals surface area contributed by atoms with Gasteiger partial charge in [-0.2, -0.15) is 11.8 Å². The zero-order valence-corrected chi connectivity index (χ0v) is 11.3. The normalized spacial score (nSPS) is 14.1. The maximum atomic E-state index is 12.2. The molecule has 0 aromatic heterocycles. The molecule has 1 rings (SSSR count). The Kier molecular flexibility index (Phi) is 5.51. The standard InChI is InChI=1S/C13H19NO2S/c1-4-16-12(15)13(14-2,10-17-3)11-8-6-5-7-9-11/h5-9,14H,4,10H2,1-3H3. The van der Waals surface area contributed by atoms with Crippen molar-refractivity contribution in [3.8, 4) is 0 Å². The van der Waals surface area contributed by atoms with Crippen LogP contribution in [0.2, 0.25) is 0 Å². The molecule has 1 aromatic rings. The van der Waals surface area contributed by atoms with Crippen LogP contribution in [0.5, 0.6) is 0 Å². The molecule has 0 saturated heterocycles. The van der Waals surface area contributed by atoms with Crippen LogP contribution in [0.1, 0.15) is 12.5 Å². The van der Waals surface area contributed by atoms with Crippen molar-refractivity contribution >= 4 is 17.7 Å². The predicted octanol–water partition coefficient (Wildman–Crippen LogP) is 2.03. The van der Waals surface area contributed by atoms with Crippen LogP contribution in [0.4, 0.5) is 0 Å². The van der Waals surface area contributed by atoms with Crippen LogP contribution in [0.25, 0.3) is 0 Å². The maximum Gasteiger partial charge on any atom is 0.331 e. The minimum absolute atomic E-state index is 0.219. The number of hydrogen-bond acceptors (Lipinski definition) is 4. The van der Waals surface area contributed by atoms with Crippen LogP contribution < -0.4 is 5.32 Å². The average molecular weight is 253 g/mol. The second kappa shape index (κ2) is 6.67. The van der Waals surface area contributed by atoms with E-state index in [0.29, 0.717) is 12.4 Å². The Balaban J connectivity index is 3.12. The van der Waals surface area contributed by atoms with Crippen molar-refractivity contribution < 1.29 is 9.53 Å². The van der Waals surface area contributed by atoms with E-state index in [1.807, 2.05) is 43.5 Å². The molecule has 1 aromatic carbocycles. The van der Waals surface area contributed by atoms with Crippen molar-refractivity contribution in [1.29, 1.82) is 0 Å². The van der Waals surface area contributed by atoms with E-state index in [4.69, 9.17) is 4.74 Å². The van der Waals surface area contributed by atoms with Crippen LogP contribution in [0, 0.1) is 0 Å². The number of carbonyl (C=O) groups excluding carboxylic acids is 1. The van der Waals surface area contributed by atoms with Crippen LogP contribution in [0.15, 0.2) is 30.3 Å². The smallest absolute Gasteiger partial charge is 0.331 e. The monoisotopic (exact) mass is 253 g/mol. The van der Waals surface area contributed by atoms with Crippen molar-refractivity contribution in [3.63, 3.8) is 0 Å². The molecule has 0 amide bonds. The summed E-state index contributed by atoms with van der Waals surface area (Å²) in [5.74, 6) is 0.426. The summed E-state index contributed by atoms with van der Waals surface area (Å²) in [5.41, 5.74) is 0.187. The number of hydrogen-bond donors (Lipinski definition) is 1. The molecule has 0 bridgehead atoms. The number of benzene rings is 1. The molecule has 94 valence electrons. The lowest BCUT2D eigenvalue weighted by atomic mass is 9.92. The van der Waals surface area contributed by atoms with Crippen LogP contribution in [-0.2, 0) is 15.1 Å². The Morgan fingerprint density at radius 2 is 2.06 bits per heavy atom. The van der Waals surface area contributed by atoms with Gasteiger partial charge in [-0.25, -0.2) is 4.79 Å². The third kappa shape index (κ3) is 3.01. The van der Waals surface area contributed by atoms with Crippen LogP contribution >= 0.6 is 11.8 Å². The van der Waals surface area contributed by atoms with Gasteiger partial charge in [0, 0.05) is 5.75 Å². The number of nitrogens with one attached hydrogen (secondary N) is 1. The highest BCUT2D eigenvalue weighted by molar-refractivity contribution is 7.98. The molecular weight excluding hydrogens is 234 g/mol. The van der Waals surface area contributed by atoms with E-state index in [2.05, 4.69) is 5.32 Å². The molecule has 1 N–H and O–H groups in total. The van der Waals surface area contributed by atoms with Crippen molar-refractivity contribution in [1.82, 2.24) is 5.32 Å². The van der Waals surface area contributed by atoms with Gasteiger partial charge < -0.3 is 10.1 Å². The summed E-state index contributed by atoms with van der Waals surface area (Å²) in [6, 6.07) is 9.70. The lowest BCUT2D eigenvalue weighted by Crippen LogP contribution is -2.50. The van der Waals surface area contributed by atoms with E-state index >= 15 is 0 Å². The molecule has 0 aliphatic heterocycles. The summed E-state index contributed by atoms with van der Waals surface area (Å²) in [4.78, 5) is 12.2. The lowest BCUT2D eigenvalue weighted by molar-refractivity contribution is -0.150. The first kappa shape index (κ1) is 14.1. The summed E-state index contributed by atoms with van der Waals surface area (Å²) in [7, 11) is 1.79. The minimum atomic E-state index is -0.753. The molecule has 1 atom stereocenters. The van der Waals surface area contributed by atoms with Gasteiger partial charge in [-0.1, -0.05) is 30.3 Å². The summed E-state index contributed by atoms with van der Waals surface area (Å²) in [5, 5.41) is 3.12. The van der Waals surface area contributed by atoms with Gasteiger partial charge in [0.25, 0.3) is 0 Å². The summed E-state index contributed by atoms with van der Waals surface area (Å²) in [6.07, 6.45) is 1.98. The van der Waals surface area contributed by atoms with Crippen molar-refractivity contribution in [2.45, 2.75) is 12.5 Å². The number of rotatable bonds is 6. The highest BCUT2D eigenvalue weighted by Crippen LogP contribution is 2.26. The van der Waals surface area contributed by atoms with E-state index in [0.717, 1.165) is 5.56 Å². The fraction of sp³-hybridized carbons (Fsp3) is 0.462. The number of thioether (sulfide) groups is 1. The molecule has 17 heavy (non-hydrogen) atoms. The predicted molar refractivity (Wildman–Crippen MR) is 72.2 cm³/mol. The molecule has 0 radical (unpaired) electrons. The quantitative estimate of drug-likeness (QED) is 0.787. The van der Waals surface area contributed by atoms with E-state index in [9.17, 15) is 4.79 Å². The van der Waals surface area contributed by atoms with E-state index in [1.165, 1.54) is 0 Å². The number of esters is 1. The van der Waals surface area contributed by atoms with Gasteiger partial charge in [-0.15, -0.1) is 0 Å². The Morgan fingerprint density at radius 1 is 1.41 bits per heavy atom. The van der Waals surface area contributed by atoms with E-state index in [-0.39, 0.29) is 5.97 Å². The first-order valence-electron chi connectivity index (χ1n) is 5.62. The number of likely N-dealkylation sites (N-methyl/N-ethyl adjacent to an activating group) is 1. The second-order valence-electron chi connectivity index (χ2n) is 3.67. The summed E-state index contributed by atoms with van der Waals surface area (Å²) >= 11 is 1.62. The summed E-state index contributed by atoms with van der Waals surface area (Å²) < 4.78 is 5.19. The molecule has 3 nitrogen and oxygen atoms in total. The molecule has 0 aliphatic carbocycles.